The Bertz CT molecular complexity index is 1160. The Hall–Kier alpha value is -3.41. The van der Waals surface area contributed by atoms with Crippen molar-refractivity contribution >= 4 is 27.7 Å². The third kappa shape index (κ3) is 4.68. The van der Waals surface area contributed by atoms with Gasteiger partial charge >= 0.3 is 5.97 Å². The van der Waals surface area contributed by atoms with Gasteiger partial charge in [0.2, 0.25) is 0 Å². The predicted octanol–water partition coefficient (Wildman–Crippen LogP) is 0.979. The van der Waals surface area contributed by atoms with Crippen molar-refractivity contribution < 1.29 is 37.5 Å². The van der Waals surface area contributed by atoms with Crippen molar-refractivity contribution in [3.63, 3.8) is 0 Å². The first kappa shape index (κ1) is 22.3. The van der Waals surface area contributed by atoms with Gasteiger partial charge in [0.05, 0.1) is 31.5 Å². The first-order chi connectivity index (χ1) is 14.7. The second-order valence-electron chi connectivity index (χ2n) is 6.65. The highest BCUT2D eigenvalue weighted by molar-refractivity contribution is 7.86. The largest absolute Gasteiger partial charge is 0.508 e. The summed E-state index contributed by atoms with van der Waals surface area (Å²) in [5, 5.41) is 21.2. The quantitative estimate of drug-likeness (QED) is 0.358. The van der Waals surface area contributed by atoms with Crippen molar-refractivity contribution in [3.8, 4) is 16.9 Å². The van der Waals surface area contributed by atoms with Gasteiger partial charge in [-0.25, -0.2) is 4.79 Å². The lowest BCUT2D eigenvalue weighted by molar-refractivity contribution is -0.136. The number of aromatic hydroxyl groups is 1. The van der Waals surface area contributed by atoms with Crippen LogP contribution < -0.4 is 5.32 Å². The zero-order valence-electron chi connectivity index (χ0n) is 16.4. The minimum atomic E-state index is -4.71. The number of nitrogens with one attached hydrogen (secondary N) is 1. The molecule has 4 N–H and O–H groups in total. The summed E-state index contributed by atoms with van der Waals surface area (Å²) < 4.78 is 38.5. The summed E-state index contributed by atoms with van der Waals surface area (Å²) in [6, 6.07) is 10.1. The van der Waals surface area contributed by atoms with Gasteiger partial charge in [-0.2, -0.15) is 8.42 Å². The number of hydrogen-bond acceptors (Lipinski definition) is 8. The van der Waals surface area contributed by atoms with E-state index in [0.717, 1.165) is 7.11 Å². The van der Waals surface area contributed by atoms with Crippen molar-refractivity contribution in [3.05, 3.63) is 53.7 Å². The molecule has 2 aromatic rings. The molecular weight excluding hydrogens is 428 g/mol. The average molecular weight is 448 g/mol. The van der Waals surface area contributed by atoms with Crippen LogP contribution in [-0.4, -0.2) is 66.8 Å². The molecule has 3 rings (SSSR count). The number of carbonyl (C=O) groups is 2. The summed E-state index contributed by atoms with van der Waals surface area (Å²) in [5.41, 5.74) is 0.642. The molecule has 0 fully saturated rings. The van der Waals surface area contributed by atoms with Crippen molar-refractivity contribution in [1.29, 1.82) is 0 Å². The Balaban J connectivity index is 2.06. The number of methoxy groups -OCH3 is 1. The van der Waals surface area contributed by atoms with Crippen LogP contribution in [0.5, 0.6) is 5.75 Å². The van der Waals surface area contributed by atoms with Crippen LogP contribution in [0.3, 0.4) is 0 Å². The van der Waals surface area contributed by atoms with Crippen LogP contribution in [0.25, 0.3) is 11.1 Å². The molecule has 11 heteroatoms. The molecule has 0 saturated heterocycles. The molecule has 1 aliphatic heterocycles. The molecule has 1 aliphatic rings. The number of rotatable bonds is 7. The Kier molecular flexibility index (Phi) is 6.29. The standard InChI is InChI=1S/C20H20N2O8S/c1-30-20(26)15-11-22(8-9-23)19(25)18(15)21-16-7-4-13(10-17(16)31(27,28)29)12-2-5-14(24)6-3-12/h2-7,10,21,23-24H,8-9,11H2,1H3,(H,27,28,29). The first-order valence-corrected chi connectivity index (χ1v) is 10.5. The number of aliphatic hydroxyl groups excluding tert-OH is 1. The number of benzene rings is 2. The minimum Gasteiger partial charge on any atom is -0.508 e. The Morgan fingerprint density at radius 1 is 1.16 bits per heavy atom. The zero-order chi connectivity index (χ0) is 22.8. The van der Waals surface area contributed by atoms with Gasteiger partial charge in [-0.05, 0) is 35.4 Å². The van der Waals surface area contributed by atoms with Crippen LogP contribution in [0.2, 0.25) is 0 Å². The van der Waals surface area contributed by atoms with Crippen molar-refractivity contribution in [2.75, 3.05) is 32.1 Å². The monoisotopic (exact) mass is 448 g/mol. The van der Waals surface area contributed by atoms with E-state index in [1.165, 1.54) is 29.2 Å². The molecule has 0 saturated carbocycles. The van der Waals surface area contributed by atoms with Crippen molar-refractivity contribution in [2.45, 2.75) is 4.90 Å². The van der Waals surface area contributed by atoms with Gasteiger partial charge < -0.3 is 25.2 Å². The third-order valence-corrected chi connectivity index (χ3v) is 5.57. The minimum absolute atomic E-state index is 0.0323. The fourth-order valence-corrected chi connectivity index (χ4v) is 3.83. The van der Waals surface area contributed by atoms with Crippen molar-refractivity contribution in [1.82, 2.24) is 4.90 Å². The molecule has 0 radical (unpaired) electrons. The number of β-amino-alcohol motifs (C(OH)–C–C–N with tert-alkyl or cyclic N) is 1. The van der Waals surface area contributed by atoms with Crippen LogP contribution in [0, 0.1) is 0 Å². The van der Waals surface area contributed by atoms with E-state index in [2.05, 4.69) is 5.32 Å². The number of anilines is 1. The third-order valence-electron chi connectivity index (χ3n) is 4.67. The van der Waals surface area contributed by atoms with E-state index in [1.807, 2.05) is 0 Å². The van der Waals surface area contributed by atoms with E-state index in [1.54, 1.807) is 18.2 Å². The van der Waals surface area contributed by atoms with Crippen molar-refractivity contribution in [2.24, 2.45) is 0 Å². The van der Waals surface area contributed by atoms with Gasteiger partial charge in [0.25, 0.3) is 16.0 Å². The second kappa shape index (κ2) is 8.76. The normalized spacial score (nSPS) is 14.2. The predicted molar refractivity (Wildman–Crippen MR) is 110 cm³/mol. The lowest BCUT2D eigenvalue weighted by atomic mass is 10.1. The van der Waals surface area contributed by atoms with Crippen LogP contribution in [0.1, 0.15) is 0 Å². The number of carbonyl (C=O) groups excluding carboxylic acids is 2. The molecule has 0 aromatic heterocycles. The Morgan fingerprint density at radius 3 is 2.39 bits per heavy atom. The topological polar surface area (TPSA) is 153 Å². The van der Waals surface area contributed by atoms with Gasteiger partial charge in [-0.15, -0.1) is 0 Å². The van der Waals surface area contributed by atoms with Gasteiger partial charge in [0, 0.05) is 6.54 Å². The molecule has 2 aromatic carbocycles. The highest BCUT2D eigenvalue weighted by atomic mass is 32.2. The molecule has 0 aliphatic carbocycles. The van der Waals surface area contributed by atoms with E-state index in [9.17, 15) is 27.7 Å². The molecule has 1 amide bonds. The van der Waals surface area contributed by atoms with Gasteiger partial charge in [0.15, 0.2) is 0 Å². The summed E-state index contributed by atoms with van der Waals surface area (Å²) in [7, 11) is -3.57. The SMILES string of the molecule is COC(=O)C1=C(Nc2ccc(-c3ccc(O)cc3)cc2S(=O)(=O)O)C(=O)N(CCO)C1. The Morgan fingerprint density at radius 2 is 1.81 bits per heavy atom. The van der Waals surface area contributed by atoms with Crippen LogP contribution in [-0.2, 0) is 24.4 Å². The molecule has 164 valence electrons. The van der Waals surface area contributed by atoms with E-state index >= 15 is 0 Å². The first-order valence-electron chi connectivity index (χ1n) is 9.05. The van der Waals surface area contributed by atoms with E-state index in [4.69, 9.17) is 9.84 Å². The lowest BCUT2D eigenvalue weighted by Gasteiger charge is -2.16. The van der Waals surface area contributed by atoms with E-state index in [0.29, 0.717) is 11.1 Å². The zero-order valence-corrected chi connectivity index (χ0v) is 17.2. The summed E-state index contributed by atoms with van der Waals surface area (Å²) in [4.78, 5) is 25.5. The molecule has 0 bridgehead atoms. The second-order valence-corrected chi connectivity index (χ2v) is 8.04. The lowest BCUT2D eigenvalue weighted by Crippen LogP contribution is -2.31. The number of phenolic OH excluding ortho intramolecular Hbond substituents is 1. The van der Waals surface area contributed by atoms with Crippen LogP contribution in [0.4, 0.5) is 5.69 Å². The summed E-state index contributed by atoms with van der Waals surface area (Å²) in [6.45, 7) is -0.484. The smallest absolute Gasteiger partial charge is 0.337 e. The number of aliphatic hydroxyl groups is 1. The maximum atomic E-state index is 12.7. The maximum Gasteiger partial charge on any atom is 0.337 e. The number of amides is 1. The summed E-state index contributed by atoms with van der Waals surface area (Å²) in [6.07, 6.45) is 0. The van der Waals surface area contributed by atoms with Gasteiger partial charge in [0.1, 0.15) is 16.3 Å². The highest BCUT2D eigenvalue weighted by Gasteiger charge is 2.35. The summed E-state index contributed by atoms with van der Waals surface area (Å²) >= 11 is 0. The fraction of sp³-hybridized carbons (Fsp3) is 0.200. The number of phenols is 1. The molecule has 1 heterocycles. The van der Waals surface area contributed by atoms with E-state index < -0.39 is 26.9 Å². The number of esters is 1. The molecular formula is C20H20N2O8S. The molecule has 31 heavy (non-hydrogen) atoms. The Labute approximate surface area is 178 Å². The molecule has 0 atom stereocenters. The molecule has 10 nitrogen and oxygen atoms in total. The maximum absolute atomic E-state index is 12.7. The highest BCUT2D eigenvalue weighted by Crippen LogP contribution is 2.32. The van der Waals surface area contributed by atoms with Crippen LogP contribution >= 0.6 is 0 Å². The van der Waals surface area contributed by atoms with Gasteiger partial charge in [-0.1, -0.05) is 18.2 Å². The fourth-order valence-electron chi connectivity index (χ4n) is 3.16. The number of hydrogen-bond donors (Lipinski definition) is 4. The molecule has 0 unspecified atom stereocenters. The summed E-state index contributed by atoms with van der Waals surface area (Å²) in [5.74, 6) is -1.38. The number of nitrogens with zero attached hydrogens (tertiary/aromatic N) is 1. The van der Waals surface area contributed by atoms with Gasteiger partial charge in [-0.3, -0.25) is 9.35 Å². The molecule has 0 spiro atoms. The average Bonchev–Trinajstić information content (AvgIpc) is 3.03. The number of ether oxygens (including phenoxy) is 1. The van der Waals surface area contributed by atoms with Crippen LogP contribution in [0.15, 0.2) is 58.6 Å². The van der Waals surface area contributed by atoms with E-state index in [-0.39, 0.29) is 42.4 Å².